The first-order valence-electron chi connectivity index (χ1n) is 7.84. The third kappa shape index (κ3) is 3.59. The molecule has 0 saturated carbocycles. The molecule has 0 bridgehead atoms. The normalized spacial score (nSPS) is 22.9. The molecule has 7 heteroatoms. The Balaban J connectivity index is 2.29. The molecule has 0 amide bonds. The van der Waals surface area contributed by atoms with Crippen molar-refractivity contribution in [2.45, 2.75) is 50.2 Å². The van der Waals surface area contributed by atoms with Gasteiger partial charge in [-0.15, -0.1) is 0 Å². The number of nitrogens with zero attached hydrogens (tertiary/aromatic N) is 2. The average Bonchev–Trinajstić information content (AvgIpc) is 2.49. The highest BCUT2D eigenvalue weighted by Crippen LogP contribution is 2.10. The van der Waals surface area contributed by atoms with Gasteiger partial charge in [0.05, 0.1) is 17.5 Å². The number of nitrogens with one attached hydrogen (secondary N) is 1. The fraction of sp³-hybridized carbons (Fsp3) is 0.667. The number of hydrogen-bond donors (Lipinski definition) is 1. The Labute approximate surface area is 132 Å². The summed E-state index contributed by atoms with van der Waals surface area (Å²) >= 11 is 0. The van der Waals surface area contributed by atoms with Crippen LogP contribution in [-0.4, -0.2) is 44.0 Å². The lowest BCUT2D eigenvalue weighted by Crippen LogP contribution is -3.16. The fourth-order valence-electron chi connectivity index (χ4n) is 3.07. The highest BCUT2D eigenvalue weighted by Gasteiger charge is 2.25. The molecule has 1 fully saturated rings. The van der Waals surface area contributed by atoms with Crippen LogP contribution in [0.3, 0.4) is 0 Å². The van der Waals surface area contributed by atoms with Crippen LogP contribution in [-0.2, 0) is 16.7 Å². The Hall–Kier alpha value is -1.18. The van der Waals surface area contributed by atoms with E-state index in [1.165, 1.54) is 54.5 Å². The number of pyridine rings is 1. The second kappa shape index (κ2) is 6.93. The Kier molecular flexibility index (Phi) is 5.41. The van der Waals surface area contributed by atoms with E-state index < -0.39 is 10.0 Å². The summed E-state index contributed by atoms with van der Waals surface area (Å²) in [4.78, 5) is 13.6. The Morgan fingerprint density at radius 3 is 2.68 bits per heavy atom. The van der Waals surface area contributed by atoms with Crippen molar-refractivity contribution in [3.05, 3.63) is 28.7 Å². The van der Waals surface area contributed by atoms with Gasteiger partial charge >= 0.3 is 0 Å². The van der Waals surface area contributed by atoms with E-state index in [0.717, 1.165) is 19.4 Å². The minimum absolute atomic E-state index is 0.148. The maximum Gasteiger partial charge on any atom is 0.254 e. The van der Waals surface area contributed by atoms with Crippen molar-refractivity contribution in [3.8, 4) is 0 Å². The smallest absolute Gasteiger partial charge is 0.254 e. The summed E-state index contributed by atoms with van der Waals surface area (Å²) in [5.74, 6) is 0. The monoisotopic (exact) mass is 328 g/mol. The number of hydrogen-bond acceptors (Lipinski definition) is 3. The van der Waals surface area contributed by atoms with Gasteiger partial charge < -0.3 is 4.90 Å². The summed E-state index contributed by atoms with van der Waals surface area (Å²) in [6.45, 7) is 3.75. The van der Waals surface area contributed by atoms with E-state index in [1.807, 2.05) is 0 Å². The molecule has 1 N–H and O–H groups in total. The number of likely N-dealkylation sites (tertiary alicyclic amines) is 1. The lowest BCUT2D eigenvalue weighted by atomic mass is 10.0. The molecule has 1 saturated heterocycles. The Bertz CT molecular complexity index is 667. The van der Waals surface area contributed by atoms with Crippen molar-refractivity contribution < 1.29 is 13.3 Å². The van der Waals surface area contributed by atoms with E-state index in [1.54, 1.807) is 4.57 Å². The van der Waals surface area contributed by atoms with Crippen molar-refractivity contribution in [2.75, 3.05) is 20.6 Å². The molecule has 1 aromatic rings. The number of rotatable bonds is 5. The summed E-state index contributed by atoms with van der Waals surface area (Å²) in [5.41, 5.74) is -0.148. The van der Waals surface area contributed by atoms with Crippen LogP contribution in [0.15, 0.2) is 28.0 Å². The van der Waals surface area contributed by atoms with Crippen molar-refractivity contribution in [2.24, 2.45) is 0 Å². The summed E-state index contributed by atoms with van der Waals surface area (Å²) in [6.07, 6.45) is 6.14. The molecule has 6 nitrogen and oxygen atoms in total. The number of sulfonamides is 1. The predicted octanol–water partition coefficient (Wildman–Crippen LogP) is -0.0965. The maximum absolute atomic E-state index is 12.2. The third-order valence-electron chi connectivity index (χ3n) is 4.48. The molecule has 2 rings (SSSR count). The van der Waals surface area contributed by atoms with Gasteiger partial charge in [-0.25, -0.2) is 12.7 Å². The Morgan fingerprint density at radius 1 is 1.32 bits per heavy atom. The van der Waals surface area contributed by atoms with Crippen LogP contribution in [0.5, 0.6) is 0 Å². The van der Waals surface area contributed by atoms with Crippen LogP contribution in [0.4, 0.5) is 0 Å². The molecule has 1 aliphatic rings. The van der Waals surface area contributed by atoms with Crippen molar-refractivity contribution in [3.63, 3.8) is 0 Å². The van der Waals surface area contributed by atoms with E-state index in [0.29, 0.717) is 12.7 Å². The second-order valence-electron chi connectivity index (χ2n) is 6.13. The molecule has 1 unspecified atom stereocenters. The first-order valence-corrected chi connectivity index (χ1v) is 9.28. The summed E-state index contributed by atoms with van der Waals surface area (Å²) < 4.78 is 27.1. The first kappa shape index (κ1) is 17.2. The molecule has 0 aliphatic carbocycles. The van der Waals surface area contributed by atoms with Gasteiger partial charge in [-0.2, -0.15) is 0 Å². The number of aromatic nitrogens is 1. The summed E-state index contributed by atoms with van der Waals surface area (Å²) in [6, 6.07) is 3.28. The van der Waals surface area contributed by atoms with Crippen LogP contribution in [0.1, 0.15) is 32.6 Å². The molecule has 0 radical (unpaired) electrons. The zero-order chi connectivity index (χ0) is 16.3. The van der Waals surface area contributed by atoms with E-state index >= 15 is 0 Å². The molecule has 2 heterocycles. The minimum atomic E-state index is -3.51. The SMILES string of the molecule is CC[C@H]1CCCC[NH+]1Cn1cc(S(=O)(=O)N(C)C)ccc1=O. The van der Waals surface area contributed by atoms with Crippen molar-refractivity contribution in [1.82, 2.24) is 8.87 Å². The van der Waals surface area contributed by atoms with Crippen molar-refractivity contribution >= 4 is 10.0 Å². The first-order chi connectivity index (χ1) is 10.4. The lowest BCUT2D eigenvalue weighted by Gasteiger charge is -2.32. The molecule has 22 heavy (non-hydrogen) atoms. The van der Waals surface area contributed by atoms with Gasteiger partial charge in [-0.1, -0.05) is 6.92 Å². The zero-order valence-electron chi connectivity index (χ0n) is 13.6. The van der Waals surface area contributed by atoms with E-state index in [-0.39, 0.29) is 10.5 Å². The fourth-order valence-corrected chi connectivity index (χ4v) is 3.99. The molecule has 1 aromatic heterocycles. The van der Waals surface area contributed by atoms with Crippen LogP contribution >= 0.6 is 0 Å². The molecule has 1 aliphatic heterocycles. The minimum Gasteiger partial charge on any atom is -0.315 e. The number of piperidine rings is 1. The van der Waals surface area contributed by atoms with Crippen LogP contribution < -0.4 is 10.5 Å². The van der Waals surface area contributed by atoms with E-state index in [9.17, 15) is 13.2 Å². The molecule has 2 atom stereocenters. The highest BCUT2D eigenvalue weighted by molar-refractivity contribution is 7.89. The topological polar surface area (TPSA) is 63.8 Å². The highest BCUT2D eigenvalue weighted by atomic mass is 32.2. The molecule has 0 aromatic carbocycles. The van der Waals surface area contributed by atoms with Gasteiger partial charge in [0.25, 0.3) is 5.56 Å². The Morgan fingerprint density at radius 2 is 2.05 bits per heavy atom. The molecule has 0 spiro atoms. The van der Waals surface area contributed by atoms with Gasteiger partial charge in [-0.05, 0) is 31.7 Å². The lowest BCUT2D eigenvalue weighted by molar-refractivity contribution is -0.952. The second-order valence-corrected chi connectivity index (χ2v) is 8.28. The van der Waals surface area contributed by atoms with Gasteiger partial charge in [0, 0.05) is 26.4 Å². The van der Waals surface area contributed by atoms with Crippen LogP contribution in [0.2, 0.25) is 0 Å². The maximum atomic E-state index is 12.2. The zero-order valence-corrected chi connectivity index (χ0v) is 14.4. The molecule has 124 valence electrons. The van der Waals surface area contributed by atoms with Gasteiger partial charge in [0.2, 0.25) is 10.0 Å². The van der Waals surface area contributed by atoms with Gasteiger partial charge in [0.15, 0.2) is 6.67 Å². The quantitative estimate of drug-likeness (QED) is 0.821. The number of quaternary nitrogens is 1. The average molecular weight is 328 g/mol. The van der Waals surface area contributed by atoms with E-state index in [4.69, 9.17) is 0 Å². The standard InChI is InChI=1S/C15H25N3O3S/c1-4-13-7-5-6-10-17(13)12-18-11-14(8-9-15(18)19)22(20,21)16(2)3/h8-9,11,13H,4-7,10,12H2,1-3H3/p+1/t13-/m0/s1. The summed E-state index contributed by atoms with van der Waals surface area (Å²) in [7, 11) is -0.524. The van der Waals surface area contributed by atoms with E-state index in [2.05, 4.69) is 6.92 Å². The predicted molar refractivity (Wildman–Crippen MR) is 85.3 cm³/mol. The third-order valence-corrected chi connectivity index (χ3v) is 6.28. The summed E-state index contributed by atoms with van der Waals surface area (Å²) in [5, 5.41) is 0. The van der Waals surface area contributed by atoms with Crippen LogP contribution in [0.25, 0.3) is 0 Å². The largest absolute Gasteiger partial charge is 0.315 e. The van der Waals surface area contributed by atoms with Gasteiger partial charge in [-0.3, -0.25) is 9.36 Å². The molecular weight excluding hydrogens is 302 g/mol. The van der Waals surface area contributed by atoms with Crippen molar-refractivity contribution in [1.29, 1.82) is 0 Å². The molecular formula is C15H26N3O3S+. The van der Waals surface area contributed by atoms with Crippen LogP contribution in [0, 0.1) is 0 Å². The van der Waals surface area contributed by atoms with Gasteiger partial charge in [0.1, 0.15) is 0 Å².